The largest absolute Gasteiger partial charge is 0.391 e. The molecule has 1 aromatic carbocycles. The molecule has 0 aromatic heterocycles. The summed E-state index contributed by atoms with van der Waals surface area (Å²) in [6, 6.07) is 7.93. The lowest BCUT2D eigenvalue weighted by Crippen LogP contribution is -2.27. The summed E-state index contributed by atoms with van der Waals surface area (Å²) in [5.41, 5.74) is 2.21. The monoisotopic (exact) mass is 231 g/mol. The number of carbonyl (C=O) groups is 1. The number of aliphatic hydroxyl groups is 1. The maximum atomic E-state index is 11.8. The molecule has 1 fully saturated rings. The third kappa shape index (κ3) is 2.94. The number of rotatable bonds is 2. The molecular weight excluding hydrogens is 214 g/mol. The fraction of sp³-hybridized carbons (Fsp3) is 0.357. The maximum Gasteiger partial charge on any atom is 0.246 e. The first kappa shape index (κ1) is 11.9. The molecule has 17 heavy (non-hydrogen) atoms. The van der Waals surface area contributed by atoms with E-state index in [0.717, 1.165) is 11.1 Å². The van der Waals surface area contributed by atoms with E-state index >= 15 is 0 Å². The van der Waals surface area contributed by atoms with Gasteiger partial charge in [0.1, 0.15) is 0 Å². The molecule has 1 N–H and O–H groups in total. The number of benzene rings is 1. The molecular formula is C14H17NO2. The smallest absolute Gasteiger partial charge is 0.246 e. The number of amides is 1. The van der Waals surface area contributed by atoms with Crippen molar-refractivity contribution in [3.63, 3.8) is 0 Å². The molecule has 1 heterocycles. The van der Waals surface area contributed by atoms with Gasteiger partial charge in [-0.05, 0) is 30.5 Å². The minimum Gasteiger partial charge on any atom is -0.391 e. The first-order chi connectivity index (χ1) is 8.16. The number of aliphatic hydroxyl groups excluding tert-OH is 1. The van der Waals surface area contributed by atoms with Crippen LogP contribution >= 0.6 is 0 Å². The van der Waals surface area contributed by atoms with Crippen LogP contribution in [-0.2, 0) is 4.79 Å². The highest BCUT2D eigenvalue weighted by Crippen LogP contribution is 2.12. The maximum absolute atomic E-state index is 11.8. The van der Waals surface area contributed by atoms with Crippen molar-refractivity contribution in [2.24, 2.45) is 0 Å². The molecule has 1 saturated heterocycles. The second kappa shape index (κ2) is 5.15. The average Bonchev–Trinajstić information content (AvgIpc) is 2.74. The molecule has 1 aliphatic heterocycles. The Bertz CT molecular complexity index is 440. The number of carbonyl (C=O) groups excluding carboxylic acids is 1. The van der Waals surface area contributed by atoms with Gasteiger partial charge in [-0.15, -0.1) is 0 Å². The number of β-amino-alcohol motifs (C(OH)–C–C–N with tert-alkyl or cyclic N) is 1. The molecule has 90 valence electrons. The number of likely N-dealkylation sites (tertiary alicyclic amines) is 1. The zero-order valence-corrected chi connectivity index (χ0v) is 9.97. The summed E-state index contributed by atoms with van der Waals surface area (Å²) in [5.74, 6) is -0.0233. The standard InChI is InChI=1S/C14H17NO2/c1-11-4-2-3-5-12(11)6-7-14(17)15-9-8-13(16)10-15/h2-7,13,16H,8-10H2,1H3/t13-/m0/s1. The molecule has 1 amide bonds. The molecule has 0 unspecified atom stereocenters. The fourth-order valence-electron chi connectivity index (χ4n) is 1.98. The van der Waals surface area contributed by atoms with Crippen molar-refractivity contribution in [2.45, 2.75) is 19.4 Å². The van der Waals surface area contributed by atoms with Gasteiger partial charge in [0, 0.05) is 19.2 Å². The van der Waals surface area contributed by atoms with Crippen molar-refractivity contribution in [2.75, 3.05) is 13.1 Å². The highest BCUT2D eigenvalue weighted by Gasteiger charge is 2.22. The number of hydrogen-bond donors (Lipinski definition) is 1. The summed E-state index contributed by atoms with van der Waals surface area (Å²) in [6.45, 7) is 3.12. The van der Waals surface area contributed by atoms with Crippen LogP contribution in [0.25, 0.3) is 6.08 Å². The predicted molar refractivity (Wildman–Crippen MR) is 67.4 cm³/mol. The highest BCUT2D eigenvalue weighted by molar-refractivity contribution is 5.92. The summed E-state index contributed by atoms with van der Waals surface area (Å²) >= 11 is 0. The zero-order chi connectivity index (χ0) is 12.3. The van der Waals surface area contributed by atoms with Gasteiger partial charge >= 0.3 is 0 Å². The first-order valence-corrected chi connectivity index (χ1v) is 5.87. The zero-order valence-electron chi connectivity index (χ0n) is 9.97. The third-order valence-corrected chi connectivity index (χ3v) is 3.07. The van der Waals surface area contributed by atoms with E-state index in [1.165, 1.54) is 0 Å². The van der Waals surface area contributed by atoms with E-state index in [4.69, 9.17) is 0 Å². The van der Waals surface area contributed by atoms with E-state index in [0.29, 0.717) is 19.5 Å². The summed E-state index contributed by atoms with van der Waals surface area (Å²) in [5, 5.41) is 9.36. The SMILES string of the molecule is Cc1ccccc1C=CC(=O)N1CC[C@H](O)C1. The van der Waals surface area contributed by atoms with Gasteiger partial charge in [-0.25, -0.2) is 0 Å². The second-order valence-electron chi connectivity index (χ2n) is 4.42. The van der Waals surface area contributed by atoms with Crippen LogP contribution in [0.15, 0.2) is 30.3 Å². The molecule has 0 bridgehead atoms. The van der Waals surface area contributed by atoms with Crippen LogP contribution in [0.2, 0.25) is 0 Å². The minimum atomic E-state index is -0.356. The molecule has 0 saturated carbocycles. The van der Waals surface area contributed by atoms with Gasteiger partial charge in [0.25, 0.3) is 0 Å². The van der Waals surface area contributed by atoms with Gasteiger partial charge in [0.15, 0.2) is 0 Å². The van der Waals surface area contributed by atoms with Crippen molar-refractivity contribution < 1.29 is 9.90 Å². The fourth-order valence-corrected chi connectivity index (χ4v) is 1.98. The van der Waals surface area contributed by atoms with Gasteiger partial charge in [0.2, 0.25) is 5.91 Å². The van der Waals surface area contributed by atoms with E-state index in [2.05, 4.69) is 0 Å². The Morgan fingerprint density at radius 2 is 2.24 bits per heavy atom. The highest BCUT2D eigenvalue weighted by atomic mass is 16.3. The van der Waals surface area contributed by atoms with Gasteiger partial charge in [-0.3, -0.25) is 4.79 Å². The van der Waals surface area contributed by atoms with Crippen molar-refractivity contribution in [3.8, 4) is 0 Å². The average molecular weight is 231 g/mol. The lowest BCUT2D eigenvalue weighted by molar-refractivity contribution is -0.125. The Morgan fingerprint density at radius 1 is 1.47 bits per heavy atom. The molecule has 3 nitrogen and oxygen atoms in total. The van der Waals surface area contributed by atoms with Crippen LogP contribution in [0.4, 0.5) is 0 Å². The van der Waals surface area contributed by atoms with E-state index in [1.54, 1.807) is 11.0 Å². The Kier molecular flexibility index (Phi) is 3.59. The molecule has 0 radical (unpaired) electrons. The second-order valence-corrected chi connectivity index (χ2v) is 4.42. The Labute approximate surface area is 101 Å². The number of aryl methyl sites for hydroxylation is 1. The minimum absolute atomic E-state index is 0.0233. The number of nitrogens with zero attached hydrogens (tertiary/aromatic N) is 1. The molecule has 3 heteroatoms. The van der Waals surface area contributed by atoms with E-state index < -0.39 is 0 Å². The van der Waals surface area contributed by atoms with Crippen LogP contribution in [0.3, 0.4) is 0 Å². The van der Waals surface area contributed by atoms with Crippen LogP contribution in [0.1, 0.15) is 17.5 Å². The summed E-state index contributed by atoms with van der Waals surface area (Å²) < 4.78 is 0. The van der Waals surface area contributed by atoms with Crippen molar-refractivity contribution >= 4 is 12.0 Å². The number of hydrogen-bond acceptors (Lipinski definition) is 2. The molecule has 1 atom stereocenters. The van der Waals surface area contributed by atoms with Crippen LogP contribution < -0.4 is 0 Å². The van der Waals surface area contributed by atoms with E-state index in [1.807, 2.05) is 37.3 Å². The summed E-state index contributed by atoms with van der Waals surface area (Å²) in [4.78, 5) is 13.5. The predicted octanol–water partition coefficient (Wildman–Crippen LogP) is 1.60. The third-order valence-electron chi connectivity index (χ3n) is 3.07. The normalized spacial score (nSPS) is 20.1. The first-order valence-electron chi connectivity index (χ1n) is 5.87. The van der Waals surface area contributed by atoms with Crippen molar-refractivity contribution in [1.82, 2.24) is 4.90 Å². The van der Waals surface area contributed by atoms with E-state index in [-0.39, 0.29) is 12.0 Å². The van der Waals surface area contributed by atoms with Gasteiger partial charge in [-0.1, -0.05) is 24.3 Å². The van der Waals surface area contributed by atoms with Gasteiger partial charge in [0.05, 0.1) is 6.10 Å². The van der Waals surface area contributed by atoms with E-state index in [9.17, 15) is 9.90 Å². The summed E-state index contributed by atoms with van der Waals surface area (Å²) in [7, 11) is 0. The molecule has 1 aromatic rings. The Hall–Kier alpha value is -1.61. The van der Waals surface area contributed by atoms with Crippen molar-refractivity contribution in [1.29, 1.82) is 0 Å². The van der Waals surface area contributed by atoms with Gasteiger partial charge < -0.3 is 10.0 Å². The van der Waals surface area contributed by atoms with Crippen LogP contribution in [-0.4, -0.2) is 35.1 Å². The Balaban J connectivity index is 2.01. The van der Waals surface area contributed by atoms with Crippen LogP contribution in [0.5, 0.6) is 0 Å². The molecule has 0 aliphatic carbocycles. The van der Waals surface area contributed by atoms with Crippen molar-refractivity contribution in [3.05, 3.63) is 41.5 Å². The summed E-state index contributed by atoms with van der Waals surface area (Å²) in [6.07, 6.45) is 3.75. The Morgan fingerprint density at radius 3 is 2.88 bits per heavy atom. The lowest BCUT2D eigenvalue weighted by Gasteiger charge is -2.12. The quantitative estimate of drug-likeness (QED) is 0.785. The topological polar surface area (TPSA) is 40.5 Å². The molecule has 2 rings (SSSR count). The van der Waals surface area contributed by atoms with Gasteiger partial charge in [-0.2, -0.15) is 0 Å². The molecule has 1 aliphatic rings. The van der Waals surface area contributed by atoms with Crippen LogP contribution in [0, 0.1) is 6.92 Å². The molecule has 0 spiro atoms. The lowest BCUT2D eigenvalue weighted by atomic mass is 10.1.